The minimum absolute atomic E-state index is 0.0561. The summed E-state index contributed by atoms with van der Waals surface area (Å²) in [5, 5.41) is 21.2. The molecule has 0 heterocycles. The van der Waals surface area contributed by atoms with Crippen molar-refractivity contribution in [2.75, 3.05) is 0 Å². The zero-order valence-electron chi connectivity index (χ0n) is 25.4. The fourth-order valence-electron chi connectivity index (χ4n) is 4.43. The molecule has 0 saturated carbocycles. The standard InChI is InChI=1S/C36H49FN2O3/c1-5-7-20-32-22-14-12-15-25-34(29(32)3)39-36(42)33(23-13-10-8-9-11-16-26-35(40)41)24-19-28-38-30(4)31(6-2)21-17-18-27-37/h5-8,10,13,18-21,23-24,27-28,34-35,40-41H,1-2,9,11-12,14-17,22,25-26H2,3-4H3,(H,39,42)/b10-8+,20-7-,23-13+,27-18+,28-19+,31-21+,32-29-,33-24+,38-30+. The number of unbranched alkanes of at least 4 members (excludes halogenated alkanes) is 2. The predicted molar refractivity (Wildman–Crippen MR) is 176 cm³/mol. The molecule has 5 nitrogen and oxygen atoms in total. The second-order valence-corrected chi connectivity index (χ2v) is 10.1. The number of carbonyl (C=O) groups is 1. The number of hydrogen-bond acceptors (Lipinski definition) is 4. The van der Waals surface area contributed by atoms with Gasteiger partial charge in [-0.2, -0.15) is 0 Å². The highest BCUT2D eigenvalue weighted by Gasteiger charge is 2.19. The Labute approximate surface area is 252 Å². The molecule has 0 aromatic heterocycles. The monoisotopic (exact) mass is 576 g/mol. The molecule has 1 rings (SSSR count). The van der Waals surface area contributed by atoms with Crippen LogP contribution < -0.4 is 5.32 Å². The Morgan fingerprint density at radius 2 is 1.90 bits per heavy atom. The third kappa shape index (κ3) is 16.0. The largest absolute Gasteiger partial charge is 0.368 e. The molecule has 0 aromatic rings. The molecule has 1 unspecified atom stereocenters. The van der Waals surface area contributed by atoms with Crippen LogP contribution in [0.25, 0.3) is 0 Å². The van der Waals surface area contributed by atoms with E-state index in [0.717, 1.165) is 62.7 Å². The molecule has 0 saturated heterocycles. The molecule has 0 radical (unpaired) electrons. The topological polar surface area (TPSA) is 81.9 Å². The van der Waals surface area contributed by atoms with Crippen molar-refractivity contribution in [1.29, 1.82) is 0 Å². The van der Waals surface area contributed by atoms with Crippen LogP contribution >= 0.6 is 0 Å². The number of amides is 1. The minimum atomic E-state index is -1.26. The Balaban J connectivity index is 3.16. The highest BCUT2D eigenvalue weighted by Crippen LogP contribution is 2.24. The number of nitrogens with one attached hydrogen (secondary N) is 1. The van der Waals surface area contributed by atoms with Crippen molar-refractivity contribution < 1.29 is 19.4 Å². The van der Waals surface area contributed by atoms with Crippen LogP contribution in [0.5, 0.6) is 0 Å². The van der Waals surface area contributed by atoms with Gasteiger partial charge in [-0.25, -0.2) is 4.39 Å². The molecule has 3 N–H and O–H groups in total. The molecule has 6 heteroatoms. The third-order valence-electron chi connectivity index (χ3n) is 6.91. The number of allylic oxidation sites excluding steroid dienone is 13. The van der Waals surface area contributed by atoms with Gasteiger partial charge >= 0.3 is 0 Å². The molecular weight excluding hydrogens is 527 g/mol. The number of carbonyl (C=O) groups excluding carboxylic acids is 1. The van der Waals surface area contributed by atoms with E-state index in [4.69, 9.17) is 10.2 Å². The van der Waals surface area contributed by atoms with Gasteiger partial charge < -0.3 is 15.5 Å². The summed E-state index contributed by atoms with van der Waals surface area (Å²) in [7, 11) is 0. The average Bonchev–Trinajstić information content (AvgIpc) is 2.96. The lowest BCUT2D eigenvalue weighted by Crippen LogP contribution is -2.37. The molecule has 0 fully saturated rings. The van der Waals surface area contributed by atoms with E-state index >= 15 is 0 Å². The van der Waals surface area contributed by atoms with Gasteiger partial charge in [0.15, 0.2) is 6.29 Å². The molecule has 1 aliphatic rings. The van der Waals surface area contributed by atoms with E-state index in [2.05, 4.69) is 36.5 Å². The fourth-order valence-corrected chi connectivity index (χ4v) is 4.43. The van der Waals surface area contributed by atoms with Crippen molar-refractivity contribution >= 4 is 11.6 Å². The molecule has 1 aliphatic carbocycles. The number of nitrogens with zero attached hydrogens (tertiary/aromatic N) is 1. The van der Waals surface area contributed by atoms with Crippen molar-refractivity contribution in [3.8, 4) is 0 Å². The van der Waals surface area contributed by atoms with E-state index in [1.807, 2.05) is 37.3 Å². The Morgan fingerprint density at radius 3 is 2.62 bits per heavy atom. The number of rotatable bonds is 17. The Bertz CT molecular complexity index is 1130. The summed E-state index contributed by atoms with van der Waals surface area (Å²) in [6.07, 6.45) is 31.0. The van der Waals surface area contributed by atoms with Crippen LogP contribution in [0.2, 0.25) is 0 Å². The first-order valence-electron chi connectivity index (χ1n) is 14.8. The van der Waals surface area contributed by atoms with Gasteiger partial charge in [0, 0.05) is 17.5 Å². The maximum absolute atomic E-state index is 13.5. The van der Waals surface area contributed by atoms with E-state index in [1.54, 1.807) is 36.6 Å². The van der Waals surface area contributed by atoms with Gasteiger partial charge in [0.05, 0.1) is 12.4 Å². The van der Waals surface area contributed by atoms with Gasteiger partial charge in [0.1, 0.15) is 0 Å². The van der Waals surface area contributed by atoms with Gasteiger partial charge in [-0.15, -0.1) is 0 Å². The number of hydrogen-bond donors (Lipinski definition) is 3. The zero-order valence-corrected chi connectivity index (χ0v) is 25.4. The lowest BCUT2D eigenvalue weighted by molar-refractivity contribution is -0.117. The van der Waals surface area contributed by atoms with Crippen molar-refractivity contribution in [3.63, 3.8) is 0 Å². The van der Waals surface area contributed by atoms with E-state index in [9.17, 15) is 9.18 Å². The van der Waals surface area contributed by atoms with E-state index in [-0.39, 0.29) is 11.9 Å². The van der Waals surface area contributed by atoms with Crippen molar-refractivity contribution in [2.24, 2.45) is 4.99 Å². The molecular formula is C36H49FN2O3. The average molecular weight is 577 g/mol. The highest BCUT2D eigenvalue weighted by atomic mass is 19.1. The molecule has 0 bridgehead atoms. The summed E-state index contributed by atoms with van der Waals surface area (Å²) < 4.78 is 12.3. The lowest BCUT2D eigenvalue weighted by Gasteiger charge is -2.24. The Kier molecular flexibility index (Phi) is 19.9. The first-order valence-corrected chi connectivity index (χ1v) is 14.8. The van der Waals surface area contributed by atoms with Gasteiger partial charge in [-0.3, -0.25) is 9.79 Å². The maximum Gasteiger partial charge on any atom is 0.251 e. The summed E-state index contributed by atoms with van der Waals surface area (Å²) in [6.45, 7) is 11.5. The maximum atomic E-state index is 13.5. The Morgan fingerprint density at radius 1 is 1.10 bits per heavy atom. The molecule has 228 valence electrons. The summed E-state index contributed by atoms with van der Waals surface area (Å²) in [6, 6.07) is -0.0561. The third-order valence-corrected chi connectivity index (χ3v) is 6.91. The van der Waals surface area contributed by atoms with Gasteiger partial charge in [-0.1, -0.05) is 80.7 Å². The second kappa shape index (κ2) is 23.0. The molecule has 0 aromatic carbocycles. The normalized spacial score (nSPS) is 20.0. The molecule has 0 spiro atoms. The minimum Gasteiger partial charge on any atom is -0.368 e. The van der Waals surface area contributed by atoms with E-state index in [0.29, 0.717) is 24.7 Å². The van der Waals surface area contributed by atoms with Crippen LogP contribution in [0.4, 0.5) is 4.39 Å². The first-order chi connectivity index (χ1) is 20.3. The summed E-state index contributed by atoms with van der Waals surface area (Å²) in [5.74, 6) is -0.163. The first kappa shape index (κ1) is 36.4. The van der Waals surface area contributed by atoms with Crippen LogP contribution in [-0.4, -0.2) is 34.2 Å². The second-order valence-electron chi connectivity index (χ2n) is 10.1. The fraction of sp³-hybridized carbons (Fsp3) is 0.389. The lowest BCUT2D eigenvalue weighted by atomic mass is 9.90. The van der Waals surface area contributed by atoms with Crippen LogP contribution in [0.15, 0.2) is 126 Å². The van der Waals surface area contributed by atoms with Crippen molar-refractivity contribution in [2.45, 2.75) is 90.4 Å². The van der Waals surface area contributed by atoms with E-state index < -0.39 is 6.29 Å². The summed E-state index contributed by atoms with van der Waals surface area (Å²) in [5.41, 5.74) is 4.47. The quantitative estimate of drug-likeness (QED) is 0.0535. The number of halogens is 1. The smallest absolute Gasteiger partial charge is 0.251 e. The van der Waals surface area contributed by atoms with Crippen molar-refractivity contribution in [1.82, 2.24) is 5.32 Å². The number of aliphatic hydroxyl groups is 2. The summed E-state index contributed by atoms with van der Waals surface area (Å²) in [4.78, 5) is 17.9. The highest BCUT2D eigenvalue weighted by molar-refractivity contribution is 6.01. The SMILES string of the molecule is C=C/C=C\C1=C(/C)C(NC(=O)C(/C=C/C=C/CCCCC(O)O)=C/C=C/N=C(C)/C(C=C)=C/C/C=C/F)CCCCC1. The van der Waals surface area contributed by atoms with Crippen LogP contribution in [0.1, 0.15) is 78.1 Å². The zero-order chi connectivity index (χ0) is 31.0. The number of aliphatic hydroxyl groups excluding tert-OH is 1. The Hall–Kier alpha value is -3.61. The van der Waals surface area contributed by atoms with Crippen LogP contribution in [-0.2, 0) is 4.79 Å². The van der Waals surface area contributed by atoms with Crippen LogP contribution in [0.3, 0.4) is 0 Å². The van der Waals surface area contributed by atoms with Crippen molar-refractivity contribution in [3.05, 3.63) is 121 Å². The van der Waals surface area contributed by atoms with Crippen LogP contribution in [0, 0.1) is 0 Å². The molecule has 1 amide bonds. The molecule has 42 heavy (non-hydrogen) atoms. The summed E-state index contributed by atoms with van der Waals surface area (Å²) >= 11 is 0. The molecule has 0 aliphatic heterocycles. The van der Waals surface area contributed by atoms with E-state index in [1.165, 1.54) is 17.2 Å². The predicted octanol–water partition coefficient (Wildman–Crippen LogP) is 8.36. The number of aliphatic imine (C=N–C) groups is 1. The van der Waals surface area contributed by atoms with Gasteiger partial charge in [-0.05, 0) is 100 Å². The molecule has 1 atom stereocenters. The van der Waals surface area contributed by atoms with Gasteiger partial charge in [0.2, 0.25) is 0 Å². The van der Waals surface area contributed by atoms with Gasteiger partial charge in [0.25, 0.3) is 5.91 Å².